The molecule has 0 bridgehead atoms. The first kappa shape index (κ1) is 13.5. The van der Waals surface area contributed by atoms with Crippen molar-refractivity contribution in [3.63, 3.8) is 0 Å². The van der Waals surface area contributed by atoms with E-state index < -0.39 is 5.91 Å². The molecule has 2 aromatic rings. The summed E-state index contributed by atoms with van der Waals surface area (Å²) in [6, 6.07) is 11.5. The summed E-state index contributed by atoms with van der Waals surface area (Å²) < 4.78 is 0. The van der Waals surface area contributed by atoms with Crippen LogP contribution in [0.1, 0.15) is 23.5 Å². The van der Waals surface area contributed by atoms with Gasteiger partial charge in [-0.3, -0.25) is 10.2 Å². The molecule has 1 saturated carbocycles. The highest BCUT2D eigenvalue weighted by atomic mass is 16.2. The minimum absolute atomic E-state index is 0.0668. The standard InChI is InChI=1S/C15H17N5O/c16-20-15(21)14-18-12(11-4-2-1-3-5-11)8-13(19-14)17-9-10-6-7-10/h1-5,8,10H,6-7,9,16H2,(H,20,21)(H,17,18,19). The summed E-state index contributed by atoms with van der Waals surface area (Å²) in [5.41, 5.74) is 3.70. The van der Waals surface area contributed by atoms with Gasteiger partial charge >= 0.3 is 5.91 Å². The van der Waals surface area contributed by atoms with Crippen LogP contribution in [0.2, 0.25) is 0 Å². The molecule has 1 heterocycles. The van der Waals surface area contributed by atoms with Gasteiger partial charge in [-0.2, -0.15) is 0 Å². The number of nitrogens with one attached hydrogen (secondary N) is 2. The fourth-order valence-corrected chi connectivity index (χ4v) is 2.03. The number of anilines is 1. The molecule has 1 aromatic carbocycles. The van der Waals surface area contributed by atoms with E-state index in [9.17, 15) is 4.79 Å². The Hall–Kier alpha value is -2.47. The maximum absolute atomic E-state index is 11.7. The van der Waals surface area contributed by atoms with Crippen LogP contribution in [0.5, 0.6) is 0 Å². The summed E-state index contributed by atoms with van der Waals surface area (Å²) in [5.74, 6) is 6.11. The van der Waals surface area contributed by atoms with Gasteiger partial charge in [0.1, 0.15) is 5.82 Å². The van der Waals surface area contributed by atoms with Gasteiger partial charge in [0.2, 0.25) is 5.82 Å². The predicted molar refractivity (Wildman–Crippen MR) is 80.3 cm³/mol. The van der Waals surface area contributed by atoms with Gasteiger partial charge in [0.05, 0.1) is 5.69 Å². The third-order valence-corrected chi connectivity index (χ3v) is 3.40. The summed E-state index contributed by atoms with van der Waals surface area (Å²) in [6.07, 6.45) is 2.50. The molecule has 0 atom stereocenters. The Balaban J connectivity index is 1.93. The van der Waals surface area contributed by atoms with Crippen LogP contribution in [0.25, 0.3) is 11.3 Å². The normalized spacial score (nSPS) is 13.8. The predicted octanol–water partition coefficient (Wildman–Crippen LogP) is 1.57. The number of nitrogens with zero attached hydrogens (tertiary/aromatic N) is 2. The third kappa shape index (κ3) is 3.35. The molecular formula is C15H17N5O. The Morgan fingerprint density at radius 3 is 2.67 bits per heavy atom. The summed E-state index contributed by atoms with van der Waals surface area (Å²) in [7, 11) is 0. The topological polar surface area (TPSA) is 92.9 Å². The molecule has 1 amide bonds. The van der Waals surface area contributed by atoms with Gasteiger partial charge in [-0.25, -0.2) is 15.8 Å². The van der Waals surface area contributed by atoms with Crippen LogP contribution in [-0.2, 0) is 0 Å². The molecule has 6 heteroatoms. The van der Waals surface area contributed by atoms with Gasteiger partial charge in [0, 0.05) is 18.2 Å². The number of hydrazine groups is 1. The Labute approximate surface area is 122 Å². The SMILES string of the molecule is NNC(=O)c1nc(NCC2CC2)cc(-c2ccccc2)n1. The molecule has 1 aromatic heterocycles. The Morgan fingerprint density at radius 1 is 1.24 bits per heavy atom. The number of hydrogen-bond acceptors (Lipinski definition) is 5. The summed E-state index contributed by atoms with van der Waals surface area (Å²) in [6.45, 7) is 0.870. The monoisotopic (exact) mass is 283 g/mol. The molecule has 6 nitrogen and oxygen atoms in total. The minimum atomic E-state index is -0.498. The van der Waals surface area contributed by atoms with Crippen LogP contribution in [-0.4, -0.2) is 22.4 Å². The number of hydrogen-bond donors (Lipinski definition) is 3. The molecule has 0 saturated heterocycles. The summed E-state index contributed by atoms with van der Waals surface area (Å²) in [5, 5.41) is 3.26. The van der Waals surface area contributed by atoms with Gasteiger partial charge in [0.25, 0.3) is 0 Å². The molecule has 0 radical (unpaired) electrons. The van der Waals surface area contributed by atoms with Crippen molar-refractivity contribution < 1.29 is 4.79 Å². The van der Waals surface area contributed by atoms with E-state index in [2.05, 4.69) is 20.7 Å². The lowest BCUT2D eigenvalue weighted by Gasteiger charge is -2.09. The lowest BCUT2D eigenvalue weighted by atomic mass is 10.1. The summed E-state index contributed by atoms with van der Waals surface area (Å²) >= 11 is 0. The number of aromatic nitrogens is 2. The average molecular weight is 283 g/mol. The van der Waals surface area contributed by atoms with Crippen LogP contribution in [0.4, 0.5) is 5.82 Å². The zero-order valence-electron chi connectivity index (χ0n) is 11.5. The van der Waals surface area contributed by atoms with Crippen LogP contribution in [0.15, 0.2) is 36.4 Å². The van der Waals surface area contributed by atoms with Crippen molar-refractivity contribution in [1.29, 1.82) is 0 Å². The Kier molecular flexibility index (Phi) is 3.79. The van der Waals surface area contributed by atoms with Crippen molar-refractivity contribution in [3.05, 3.63) is 42.2 Å². The van der Waals surface area contributed by atoms with Crippen molar-refractivity contribution in [2.45, 2.75) is 12.8 Å². The summed E-state index contributed by atoms with van der Waals surface area (Å²) in [4.78, 5) is 20.2. The zero-order chi connectivity index (χ0) is 14.7. The van der Waals surface area contributed by atoms with E-state index in [1.165, 1.54) is 12.8 Å². The van der Waals surface area contributed by atoms with Gasteiger partial charge in [-0.15, -0.1) is 0 Å². The van der Waals surface area contributed by atoms with Crippen molar-refractivity contribution in [2.75, 3.05) is 11.9 Å². The number of benzene rings is 1. The maximum Gasteiger partial charge on any atom is 0.303 e. The molecule has 1 aliphatic carbocycles. The number of carbonyl (C=O) groups excluding carboxylic acids is 1. The zero-order valence-corrected chi connectivity index (χ0v) is 11.5. The molecule has 108 valence electrons. The number of nitrogens with two attached hydrogens (primary N) is 1. The van der Waals surface area contributed by atoms with Gasteiger partial charge in [-0.05, 0) is 18.8 Å². The lowest BCUT2D eigenvalue weighted by Crippen LogP contribution is -2.31. The first-order valence-corrected chi connectivity index (χ1v) is 6.95. The van der Waals surface area contributed by atoms with Crippen LogP contribution in [0, 0.1) is 5.92 Å². The lowest BCUT2D eigenvalue weighted by molar-refractivity contribution is 0.0943. The molecule has 21 heavy (non-hydrogen) atoms. The quantitative estimate of drug-likeness (QED) is 0.440. The smallest absolute Gasteiger partial charge is 0.303 e. The molecule has 1 aliphatic rings. The van der Waals surface area contributed by atoms with Crippen molar-refractivity contribution >= 4 is 11.7 Å². The Morgan fingerprint density at radius 2 is 2.00 bits per heavy atom. The van der Waals surface area contributed by atoms with E-state index in [0.717, 1.165) is 12.1 Å². The molecule has 0 aliphatic heterocycles. The third-order valence-electron chi connectivity index (χ3n) is 3.40. The molecule has 1 fully saturated rings. The van der Waals surface area contributed by atoms with Crippen molar-refractivity contribution in [1.82, 2.24) is 15.4 Å². The molecule has 0 unspecified atom stereocenters. The highest BCUT2D eigenvalue weighted by Crippen LogP contribution is 2.29. The second kappa shape index (κ2) is 5.88. The average Bonchev–Trinajstić information content (AvgIpc) is 3.37. The fourth-order valence-electron chi connectivity index (χ4n) is 2.03. The second-order valence-corrected chi connectivity index (χ2v) is 5.13. The number of nitrogen functional groups attached to an aromatic ring is 1. The first-order valence-electron chi connectivity index (χ1n) is 6.95. The second-order valence-electron chi connectivity index (χ2n) is 5.13. The van der Waals surface area contributed by atoms with E-state index in [-0.39, 0.29) is 5.82 Å². The van der Waals surface area contributed by atoms with E-state index in [1.807, 2.05) is 36.4 Å². The molecule has 3 rings (SSSR count). The van der Waals surface area contributed by atoms with E-state index >= 15 is 0 Å². The number of amides is 1. The number of carbonyl (C=O) groups is 1. The van der Waals surface area contributed by atoms with Gasteiger partial charge < -0.3 is 5.32 Å². The van der Waals surface area contributed by atoms with Crippen molar-refractivity contribution in [2.24, 2.45) is 11.8 Å². The van der Waals surface area contributed by atoms with Crippen LogP contribution < -0.4 is 16.6 Å². The first-order chi connectivity index (χ1) is 10.3. The van der Waals surface area contributed by atoms with E-state index in [4.69, 9.17) is 5.84 Å². The fraction of sp³-hybridized carbons (Fsp3) is 0.267. The van der Waals surface area contributed by atoms with Crippen molar-refractivity contribution in [3.8, 4) is 11.3 Å². The maximum atomic E-state index is 11.7. The largest absolute Gasteiger partial charge is 0.370 e. The molecule has 4 N–H and O–H groups in total. The minimum Gasteiger partial charge on any atom is -0.370 e. The van der Waals surface area contributed by atoms with E-state index in [0.29, 0.717) is 17.4 Å². The Bertz CT molecular complexity index is 640. The number of rotatable bonds is 5. The molecular weight excluding hydrogens is 266 g/mol. The highest BCUT2D eigenvalue weighted by molar-refractivity contribution is 5.91. The van der Waals surface area contributed by atoms with Gasteiger partial charge in [0.15, 0.2) is 0 Å². The van der Waals surface area contributed by atoms with Crippen LogP contribution in [0.3, 0.4) is 0 Å². The van der Waals surface area contributed by atoms with Gasteiger partial charge in [-0.1, -0.05) is 30.3 Å². The molecule has 0 spiro atoms. The highest BCUT2D eigenvalue weighted by Gasteiger charge is 2.21. The van der Waals surface area contributed by atoms with E-state index in [1.54, 1.807) is 0 Å². The van der Waals surface area contributed by atoms with Crippen LogP contribution >= 0.6 is 0 Å².